The molecule has 1 aliphatic carbocycles. The number of rotatable bonds is 5. The molecule has 0 aliphatic heterocycles. The molecule has 0 bridgehead atoms. The van der Waals surface area contributed by atoms with Gasteiger partial charge >= 0.3 is 0 Å². The van der Waals surface area contributed by atoms with Gasteiger partial charge in [-0.15, -0.1) is 0 Å². The Morgan fingerprint density at radius 2 is 1.90 bits per heavy atom. The summed E-state index contributed by atoms with van der Waals surface area (Å²) in [5, 5.41) is 3.47. The van der Waals surface area contributed by atoms with E-state index in [9.17, 15) is 9.59 Å². The van der Waals surface area contributed by atoms with Gasteiger partial charge in [-0.05, 0) is 51.3 Å². The zero-order valence-corrected chi connectivity index (χ0v) is 13.5. The summed E-state index contributed by atoms with van der Waals surface area (Å²) in [7, 11) is 0. The Morgan fingerprint density at radius 1 is 1.29 bits per heavy atom. The zero-order chi connectivity index (χ0) is 15.6. The molecule has 1 aliphatic rings. The maximum atomic E-state index is 12.5. The van der Waals surface area contributed by atoms with Crippen molar-refractivity contribution in [2.24, 2.45) is 5.41 Å². The molecule has 0 aromatic heterocycles. The summed E-state index contributed by atoms with van der Waals surface area (Å²) < 4.78 is 0. The van der Waals surface area contributed by atoms with Crippen molar-refractivity contribution < 1.29 is 9.59 Å². The van der Waals surface area contributed by atoms with Gasteiger partial charge in [0, 0.05) is 23.8 Å². The number of halogens is 1. The number of benzene rings is 1. The highest BCUT2D eigenvalue weighted by Crippen LogP contribution is 2.48. The number of hydrogen-bond donors (Lipinski definition) is 1. The quantitative estimate of drug-likeness (QED) is 0.849. The monoisotopic (exact) mass is 308 g/mol. The Bertz CT molecular complexity index is 563. The lowest BCUT2D eigenvalue weighted by Crippen LogP contribution is -2.42. The topological polar surface area (TPSA) is 49.4 Å². The second kappa shape index (κ2) is 6.06. The summed E-state index contributed by atoms with van der Waals surface area (Å²) in [6, 6.07) is 5.37. The summed E-state index contributed by atoms with van der Waals surface area (Å²) in [6.45, 7) is 6.96. The van der Waals surface area contributed by atoms with E-state index >= 15 is 0 Å². The number of carbonyl (C=O) groups excluding carboxylic acids is 2. The number of hydrogen-bond acceptors (Lipinski definition) is 2. The fourth-order valence-corrected chi connectivity index (χ4v) is 2.64. The lowest BCUT2D eigenvalue weighted by atomic mass is 10.0. The van der Waals surface area contributed by atoms with Gasteiger partial charge < -0.3 is 10.2 Å². The van der Waals surface area contributed by atoms with E-state index in [1.54, 1.807) is 23.1 Å². The summed E-state index contributed by atoms with van der Waals surface area (Å²) in [4.78, 5) is 26.8. The zero-order valence-electron chi connectivity index (χ0n) is 12.7. The van der Waals surface area contributed by atoms with Gasteiger partial charge in [-0.25, -0.2) is 0 Å². The van der Waals surface area contributed by atoms with Crippen LogP contribution in [0.4, 0.5) is 5.69 Å². The van der Waals surface area contributed by atoms with Gasteiger partial charge in [0.25, 0.3) is 0 Å². The third kappa shape index (κ3) is 2.91. The first kappa shape index (κ1) is 15.8. The van der Waals surface area contributed by atoms with Crippen molar-refractivity contribution in [2.75, 3.05) is 18.4 Å². The first-order valence-electron chi connectivity index (χ1n) is 7.32. The van der Waals surface area contributed by atoms with Gasteiger partial charge in [0.1, 0.15) is 5.41 Å². The molecule has 2 amide bonds. The molecule has 114 valence electrons. The molecule has 1 aromatic rings. The Kier molecular flexibility index (Phi) is 4.57. The molecule has 0 spiro atoms. The van der Waals surface area contributed by atoms with E-state index in [2.05, 4.69) is 5.32 Å². The van der Waals surface area contributed by atoms with Gasteiger partial charge in [-0.1, -0.05) is 17.7 Å². The van der Waals surface area contributed by atoms with Crippen LogP contribution in [-0.4, -0.2) is 29.8 Å². The standard InChI is InChI=1S/C16H21ClN2O2/c1-4-19(5-2)15(21)16(9-10-16)14(20)18-13-8-6-7-12(17)11(13)3/h6-8H,4-5,9-10H2,1-3H3,(H,18,20). The fraction of sp³-hybridized carbons (Fsp3) is 0.500. The lowest BCUT2D eigenvalue weighted by molar-refractivity contribution is -0.141. The summed E-state index contributed by atoms with van der Waals surface area (Å²) in [5.41, 5.74) is 0.616. The van der Waals surface area contributed by atoms with Gasteiger partial charge in [-0.3, -0.25) is 9.59 Å². The van der Waals surface area contributed by atoms with Crippen LogP contribution in [0.25, 0.3) is 0 Å². The van der Waals surface area contributed by atoms with Crippen molar-refractivity contribution >= 4 is 29.1 Å². The van der Waals surface area contributed by atoms with Crippen molar-refractivity contribution in [3.8, 4) is 0 Å². The average Bonchev–Trinajstić information content (AvgIpc) is 3.26. The SMILES string of the molecule is CCN(CC)C(=O)C1(C(=O)Nc2cccc(Cl)c2C)CC1. The number of nitrogens with zero attached hydrogens (tertiary/aromatic N) is 1. The van der Waals surface area contributed by atoms with E-state index in [-0.39, 0.29) is 11.8 Å². The molecule has 21 heavy (non-hydrogen) atoms. The molecule has 4 nitrogen and oxygen atoms in total. The van der Waals surface area contributed by atoms with E-state index in [0.717, 1.165) is 5.56 Å². The molecule has 0 radical (unpaired) electrons. The van der Waals surface area contributed by atoms with Crippen LogP contribution in [0.3, 0.4) is 0 Å². The Balaban J connectivity index is 2.17. The molecule has 1 aromatic carbocycles. The van der Waals surface area contributed by atoms with Gasteiger partial charge in [0.05, 0.1) is 0 Å². The number of amides is 2. The fourth-order valence-electron chi connectivity index (χ4n) is 2.46. The van der Waals surface area contributed by atoms with Gasteiger partial charge in [-0.2, -0.15) is 0 Å². The van der Waals surface area contributed by atoms with Crippen molar-refractivity contribution in [1.29, 1.82) is 0 Å². The van der Waals surface area contributed by atoms with E-state index in [4.69, 9.17) is 11.6 Å². The predicted molar refractivity (Wildman–Crippen MR) is 84.4 cm³/mol. The molecular formula is C16H21ClN2O2. The maximum absolute atomic E-state index is 12.5. The molecule has 1 fully saturated rings. The second-order valence-electron chi connectivity index (χ2n) is 5.43. The smallest absolute Gasteiger partial charge is 0.240 e. The maximum Gasteiger partial charge on any atom is 0.240 e. The number of carbonyl (C=O) groups is 2. The van der Waals surface area contributed by atoms with E-state index in [1.165, 1.54) is 0 Å². The van der Waals surface area contributed by atoms with Crippen molar-refractivity contribution in [2.45, 2.75) is 33.6 Å². The van der Waals surface area contributed by atoms with Crippen molar-refractivity contribution in [1.82, 2.24) is 4.90 Å². The van der Waals surface area contributed by atoms with Gasteiger partial charge in [0.2, 0.25) is 11.8 Å². The minimum Gasteiger partial charge on any atom is -0.342 e. The van der Waals surface area contributed by atoms with Crippen molar-refractivity contribution in [3.63, 3.8) is 0 Å². The highest BCUT2D eigenvalue weighted by molar-refractivity contribution is 6.31. The summed E-state index contributed by atoms with van der Waals surface area (Å²) in [5.74, 6) is -0.283. The van der Waals surface area contributed by atoms with Crippen LogP contribution in [0.1, 0.15) is 32.3 Å². The minimum absolute atomic E-state index is 0.0651. The van der Waals surface area contributed by atoms with Crippen molar-refractivity contribution in [3.05, 3.63) is 28.8 Å². The van der Waals surface area contributed by atoms with Crippen LogP contribution in [-0.2, 0) is 9.59 Å². The molecule has 0 saturated heterocycles. The normalized spacial score (nSPS) is 15.4. The molecule has 1 saturated carbocycles. The van der Waals surface area contributed by atoms with Crippen LogP contribution in [0.2, 0.25) is 5.02 Å². The van der Waals surface area contributed by atoms with Crippen LogP contribution >= 0.6 is 11.6 Å². The first-order valence-corrected chi connectivity index (χ1v) is 7.70. The molecule has 2 rings (SSSR count). The predicted octanol–water partition coefficient (Wildman–Crippen LogP) is 3.24. The van der Waals surface area contributed by atoms with Crippen LogP contribution in [0.5, 0.6) is 0 Å². The molecule has 5 heteroatoms. The molecule has 0 unspecified atom stereocenters. The van der Waals surface area contributed by atoms with E-state index < -0.39 is 5.41 Å². The highest BCUT2D eigenvalue weighted by Gasteiger charge is 2.57. The average molecular weight is 309 g/mol. The molecular weight excluding hydrogens is 288 g/mol. The highest BCUT2D eigenvalue weighted by atomic mass is 35.5. The van der Waals surface area contributed by atoms with Crippen LogP contribution in [0.15, 0.2) is 18.2 Å². The Hall–Kier alpha value is -1.55. The Labute approximate surface area is 130 Å². The van der Waals surface area contributed by atoms with E-state index in [0.29, 0.717) is 36.6 Å². The van der Waals surface area contributed by atoms with Crippen LogP contribution in [0, 0.1) is 12.3 Å². The Morgan fingerprint density at radius 3 is 2.43 bits per heavy atom. The molecule has 0 heterocycles. The number of nitrogens with one attached hydrogen (secondary N) is 1. The minimum atomic E-state index is -0.874. The lowest BCUT2D eigenvalue weighted by Gasteiger charge is -2.24. The second-order valence-corrected chi connectivity index (χ2v) is 5.83. The van der Waals surface area contributed by atoms with Crippen LogP contribution < -0.4 is 5.32 Å². The first-order chi connectivity index (χ1) is 9.96. The van der Waals surface area contributed by atoms with Gasteiger partial charge in [0.15, 0.2) is 0 Å². The third-order valence-corrected chi connectivity index (χ3v) is 4.57. The molecule has 0 atom stereocenters. The third-order valence-electron chi connectivity index (χ3n) is 4.16. The largest absolute Gasteiger partial charge is 0.342 e. The summed E-state index contributed by atoms with van der Waals surface area (Å²) >= 11 is 6.06. The number of anilines is 1. The van der Waals surface area contributed by atoms with E-state index in [1.807, 2.05) is 20.8 Å². The molecule has 1 N–H and O–H groups in total. The summed E-state index contributed by atoms with van der Waals surface area (Å²) in [6.07, 6.45) is 1.24.